The predicted molar refractivity (Wildman–Crippen MR) is 66.7 cm³/mol. The van der Waals surface area contributed by atoms with E-state index in [1.54, 1.807) is 0 Å². The number of carbonyl (C=O) groups excluding carboxylic acids is 1. The molecule has 0 spiro atoms. The van der Waals surface area contributed by atoms with Crippen LogP contribution in [-0.2, 0) is 11.2 Å². The maximum Gasteiger partial charge on any atom is 0.247 e. The summed E-state index contributed by atoms with van der Waals surface area (Å²) >= 11 is 0. The second-order valence-electron chi connectivity index (χ2n) is 3.97. The molecule has 5 heteroatoms. The van der Waals surface area contributed by atoms with Gasteiger partial charge in [-0.05, 0) is 26.0 Å². The van der Waals surface area contributed by atoms with E-state index in [2.05, 4.69) is 20.5 Å². The highest BCUT2D eigenvalue weighted by molar-refractivity contribution is 5.83. The first-order valence-electron chi connectivity index (χ1n) is 5.38. The molecule has 0 aliphatic rings. The maximum atomic E-state index is 11.5. The van der Waals surface area contributed by atoms with Gasteiger partial charge in [0.15, 0.2) is 0 Å². The van der Waals surface area contributed by atoms with Crippen LogP contribution < -0.4 is 5.43 Å². The largest absolute Gasteiger partial charge is 0.342 e. The monoisotopic (exact) mass is 230 g/mol. The van der Waals surface area contributed by atoms with Crippen molar-refractivity contribution in [2.75, 3.05) is 0 Å². The Morgan fingerprint density at radius 3 is 2.88 bits per heavy atom. The van der Waals surface area contributed by atoms with E-state index >= 15 is 0 Å². The number of benzene rings is 1. The van der Waals surface area contributed by atoms with Crippen LogP contribution in [0.1, 0.15) is 19.7 Å². The molecule has 1 amide bonds. The van der Waals surface area contributed by atoms with Gasteiger partial charge in [-0.25, -0.2) is 10.4 Å². The summed E-state index contributed by atoms with van der Waals surface area (Å²) in [7, 11) is 0. The third-order valence-corrected chi connectivity index (χ3v) is 2.17. The lowest BCUT2D eigenvalue weighted by molar-refractivity contribution is -0.120. The van der Waals surface area contributed by atoms with Gasteiger partial charge >= 0.3 is 0 Å². The Morgan fingerprint density at radius 1 is 1.41 bits per heavy atom. The smallest absolute Gasteiger partial charge is 0.247 e. The predicted octanol–water partition coefficient (Wildman–Crippen LogP) is 1.62. The lowest BCUT2D eigenvalue weighted by atomic mass is 10.3. The van der Waals surface area contributed by atoms with Crippen molar-refractivity contribution in [1.29, 1.82) is 0 Å². The molecule has 2 N–H and O–H groups in total. The Bertz CT molecular complexity index is 534. The summed E-state index contributed by atoms with van der Waals surface area (Å²) in [5.74, 6) is 0.470. The molecule has 1 aromatic heterocycles. The fourth-order valence-electron chi connectivity index (χ4n) is 1.46. The van der Waals surface area contributed by atoms with E-state index in [1.165, 1.54) is 0 Å². The van der Waals surface area contributed by atoms with Crippen LogP contribution >= 0.6 is 0 Å². The summed E-state index contributed by atoms with van der Waals surface area (Å²) in [5.41, 5.74) is 5.07. The number of aromatic amines is 1. The number of rotatable bonds is 3. The molecule has 0 atom stereocenters. The Hall–Kier alpha value is -2.17. The first-order valence-corrected chi connectivity index (χ1v) is 5.38. The highest BCUT2D eigenvalue weighted by Gasteiger charge is 2.06. The van der Waals surface area contributed by atoms with Crippen LogP contribution in [0.25, 0.3) is 11.0 Å². The molecular weight excluding hydrogens is 216 g/mol. The van der Waals surface area contributed by atoms with E-state index in [0.717, 1.165) is 16.7 Å². The van der Waals surface area contributed by atoms with Crippen LogP contribution in [0.2, 0.25) is 0 Å². The highest BCUT2D eigenvalue weighted by Crippen LogP contribution is 2.10. The average molecular weight is 230 g/mol. The Labute approximate surface area is 98.9 Å². The van der Waals surface area contributed by atoms with Crippen molar-refractivity contribution < 1.29 is 4.79 Å². The molecule has 0 aliphatic carbocycles. The zero-order valence-electron chi connectivity index (χ0n) is 9.82. The zero-order chi connectivity index (χ0) is 12.3. The topological polar surface area (TPSA) is 70.1 Å². The van der Waals surface area contributed by atoms with Crippen molar-refractivity contribution in [3.8, 4) is 0 Å². The molecule has 2 aromatic rings. The standard InChI is InChI=1S/C12H14N4O/c1-8(2)15-16-12(17)7-11-13-9-5-3-4-6-10(9)14-11/h3-6H,7H2,1-2H3,(H,13,14)(H,16,17). The summed E-state index contributed by atoms with van der Waals surface area (Å²) in [6.07, 6.45) is 0.200. The number of nitrogens with one attached hydrogen (secondary N) is 2. The summed E-state index contributed by atoms with van der Waals surface area (Å²) in [4.78, 5) is 18.9. The molecule has 88 valence electrons. The molecule has 0 saturated heterocycles. The average Bonchev–Trinajstić information content (AvgIpc) is 2.68. The number of imidazole rings is 1. The van der Waals surface area contributed by atoms with Gasteiger partial charge in [-0.15, -0.1) is 0 Å². The van der Waals surface area contributed by atoms with Gasteiger partial charge in [-0.3, -0.25) is 4.79 Å². The summed E-state index contributed by atoms with van der Waals surface area (Å²) in [6, 6.07) is 7.67. The number of nitrogens with zero attached hydrogens (tertiary/aromatic N) is 2. The number of para-hydroxylation sites is 2. The molecule has 0 aliphatic heterocycles. The summed E-state index contributed by atoms with van der Waals surface area (Å²) in [6.45, 7) is 3.64. The fourth-order valence-corrected chi connectivity index (χ4v) is 1.46. The van der Waals surface area contributed by atoms with E-state index in [-0.39, 0.29) is 12.3 Å². The van der Waals surface area contributed by atoms with Crippen molar-refractivity contribution >= 4 is 22.7 Å². The first kappa shape index (κ1) is 11.3. The van der Waals surface area contributed by atoms with Crippen molar-refractivity contribution in [3.63, 3.8) is 0 Å². The van der Waals surface area contributed by atoms with Crippen molar-refractivity contribution in [2.24, 2.45) is 5.10 Å². The number of carbonyl (C=O) groups is 1. The van der Waals surface area contributed by atoms with Gasteiger partial charge in [-0.2, -0.15) is 5.10 Å². The van der Waals surface area contributed by atoms with E-state index in [0.29, 0.717) is 5.82 Å². The second kappa shape index (κ2) is 4.78. The number of amides is 1. The number of hydrazone groups is 1. The SMILES string of the molecule is CC(C)=NNC(=O)Cc1nc2ccccc2[nH]1. The number of aromatic nitrogens is 2. The summed E-state index contributed by atoms with van der Waals surface area (Å²) in [5, 5.41) is 3.85. The molecular formula is C12H14N4O. The van der Waals surface area contributed by atoms with Crippen LogP contribution in [-0.4, -0.2) is 21.6 Å². The Balaban J connectivity index is 2.08. The number of fused-ring (bicyclic) bond motifs is 1. The van der Waals surface area contributed by atoms with Crippen LogP contribution in [0, 0.1) is 0 Å². The molecule has 0 radical (unpaired) electrons. The van der Waals surface area contributed by atoms with Gasteiger partial charge in [0.1, 0.15) is 5.82 Å². The van der Waals surface area contributed by atoms with Gasteiger partial charge in [0.2, 0.25) is 5.91 Å². The van der Waals surface area contributed by atoms with Crippen LogP contribution in [0.4, 0.5) is 0 Å². The van der Waals surface area contributed by atoms with Gasteiger partial charge < -0.3 is 4.98 Å². The minimum atomic E-state index is -0.176. The molecule has 5 nitrogen and oxygen atoms in total. The first-order chi connectivity index (χ1) is 8.15. The normalized spacial score (nSPS) is 10.2. The van der Waals surface area contributed by atoms with Crippen molar-refractivity contribution in [3.05, 3.63) is 30.1 Å². The Morgan fingerprint density at radius 2 is 2.18 bits per heavy atom. The molecule has 1 aromatic carbocycles. The lowest BCUT2D eigenvalue weighted by Crippen LogP contribution is -2.21. The Kier molecular flexibility index (Phi) is 3.18. The lowest BCUT2D eigenvalue weighted by Gasteiger charge is -1.97. The molecule has 0 saturated carbocycles. The molecule has 0 fully saturated rings. The van der Waals surface area contributed by atoms with Gasteiger partial charge in [0, 0.05) is 5.71 Å². The minimum Gasteiger partial charge on any atom is -0.342 e. The quantitative estimate of drug-likeness (QED) is 0.621. The maximum absolute atomic E-state index is 11.5. The highest BCUT2D eigenvalue weighted by atomic mass is 16.2. The second-order valence-corrected chi connectivity index (χ2v) is 3.97. The number of H-pyrrole nitrogens is 1. The molecule has 0 unspecified atom stereocenters. The van der Waals surface area contributed by atoms with Crippen LogP contribution in [0.15, 0.2) is 29.4 Å². The number of hydrogen-bond acceptors (Lipinski definition) is 3. The zero-order valence-corrected chi connectivity index (χ0v) is 9.82. The van der Waals surface area contributed by atoms with Crippen molar-refractivity contribution in [1.82, 2.24) is 15.4 Å². The minimum absolute atomic E-state index is 0.176. The van der Waals surface area contributed by atoms with Crippen LogP contribution in [0.3, 0.4) is 0 Å². The van der Waals surface area contributed by atoms with E-state index < -0.39 is 0 Å². The molecule has 17 heavy (non-hydrogen) atoms. The molecule has 1 heterocycles. The van der Waals surface area contributed by atoms with E-state index in [9.17, 15) is 4.79 Å². The van der Waals surface area contributed by atoms with E-state index in [1.807, 2.05) is 38.1 Å². The molecule has 2 rings (SSSR count). The summed E-state index contributed by atoms with van der Waals surface area (Å²) < 4.78 is 0. The van der Waals surface area contributed by atoms with Gasteiger partial charge in [0.25, 0.3) is 0 Å². The third-order valence-electron chi connectivity index (χ3n) is 2.17. The number of hydrogen-bond donors (Lipinski definition) is 2. The fraction of sp³-hybridized carbons (Fsp3) is 0.250. The van der Waals surface area contributed by atoms with Gasteiger partial charge in [-0.1, -0.05) is 12.1 Å². The van der Waals surface area contributed by atoms with Crippen LogP contribution in [0.5, 0.6) is 0 Å². The van der Waals surface area contributed by atoms with Crippen molar-refractivity contribution in [2.45, 2.75) is 20.3 Å². The third kappa shape index (κ3) is 2.90. The van der Waals surface area contributed by atoms with Gasteiger partial charge in [0.05, 0.1) is 17.5 Å². The molecule has 0 bridgehead atoms. The van der Waals surface area contributed by atoms with E-state index in [4.69, 9.17) is 0 Å².